The summed E-state index contributed by atoms with van der Waals surface area (Å²) in [4.78, 5) is 32.4. The summed E-state index contributed by atoms with van der Waals surface area (Å²) in [6.45, 7) is 1.95. The molecule has 0 atom stereocenters. The molecule has 0 radical (unpaired) electrons. The number of nitrogens with zero attached hydrogens (tertiary/aromatic N) is 3. The predicted octanol–water partition coefficient (Wildman–Crippen LogP) is 1.73. The Bertz CT molecular complexity index is 1160. The van der Waals surface area contributed by atoms with Gasteiger partial charge in [0, 0.05) is 17.2 Å². The standard InChI is InChI=1S/C19H17N5O4/c1-10-7-16(21-17(25)11-5-6-14-15(8-11)28-9-27-14)24(23-10)19-20-13-4-2-3-12(13)18(26)22-19/h5-8H,2-4,9H2,1H3,(H,21,25)(H,20,22,26). The van der Waals surface area contributed by atoms with Crippen LogP contribution < -0.4 is 20.3 Å². The third-order valence-corrected chi connectivity index (χ3v) is 4.84. The minimum absolute atomic E-state index is 0.143. The van der Waals surface area contributed by atoms with Crippen molar-refractivity contribution >= 4 is 11.7 Å². The molecule has 0 unspecified atom stereocenters. The maximum Gasteiger partial charge on any atom is 0.256 e. The van der Waals surface area contributed by atoms with E-state index in [1.165, 1.54) is 4.68 Å². The fourth-order valence-corrected chi connectivity index (χ4v) is 3.51. The van der Waals surface area contributed by atoms with Crippen LogP contribution in [0.3, 0.4) is 0 Å². The zero-order valence-corrected chi connectivity index (χ0v) is 15.1. The predicted molar refractivity (Wildman–Crippen MR) is 99.3 cm³/mol. The van der Waals surface area contributed by atoms with Crippen LogP contribution in [0.2, 0.25) is 0 Å². The Balaban J connectivity index is 1.48. The molecule has 0 saturated heterocycles. The molecule has 3 aromatic rings. The number of hydrogen-bond acceptors (Lipinski definition) is 6. The number of rotatable bonds is 3. The number of nitrogens with one attached hydrogen (secondary N) is 2. The van der Waals surface area contributed by atoms with E-state index in [1.54, 1.807) is 31.2 Å². The van der Waals surface area contributed by atoms with Crippen LogP contribution in [0.25, 0.3) is 5.95 Å². The van der Waals surface area contributed by atoms with Crippen LogP contribution in [0.15, 0.2) is 29.1 Å². The summed E-state index contributed by atoms with van der Waals surface area (Å²) in [7, 11) is 0. The number of hydrogen-bond donors (Lipinski definition) is 2. The SMILES string of the molecule is Cc1cc(NC(=O)c2ccc3c(c2)OCO3)n(-c2nc3c(c(=O)[nH]2)CCC3)n1. The number of aromatic nitrogens is 4. The first-order valence-electron chi connectivity index (χ1n) is 8.98. The van der Waals surface area contributed by atoms with Crippen molar-refractivity contribution in [1.29, 1.82) is 0 Å². The van der Waals surface area contributed by atoms with E-state index < -0.39 is 0 Å². The van der Waals surface area contributed by atoms with Gasteiger partial charge in [-0.2, -0.15) is 9.78 Å². The number of ether oxygens (including phenoxy) is 2. The first kappa shape index (κ1) is 16.5. The maximum absolute atomic E-state index is 12.7. The van der Waals surface area contributed by atoms with Crippen molar-refractivity contribution in [2.75, 3.05) is 12.1 Å². The first-order chi connectivity index (χ1) is 13.6. The van der Waals surface area contributed by atoms with Gasteiger partial charge in [-0.05, 0) is 44.4 Å². The van der Waals surface area contributed by atoms with Crippen LogP contribution in [0.4, 0.5) is 5.82 Å². The number of benzene rings is 1. The van der Waals surface area contributed by atoms with E-state index in [0.29, 0.717) is 34.5 Å². The summed E-state index contributed by atoms with van der Waals surface area (Å²) in [5.41, 5.74) is 2.48. The quantitative estimate of drug-likeness (QED) is 0.717. The lowest BCUT2D eigenvalue weighted by atomic mass is 10.2. The summed E-state index contributed by atoms with van der Waals surface area (Å²) < 4.78 is 12.0. The molecule has 142 valence electrons. The van der Waals surface area contributed by atoms with Gasteiger partial charge in [0.2, 0.25) is 12.7 Å². The van der Waals surface area contributed by atoms with Crippen molar-refractivity contribution < 1.29 is 14.3 Å². The van der Waals surface area contributed by atoms with Crippen molar-refractivity contribution in [1.82, 2.24) is 19.7 Å². The van der Waals surface area contributed by atoms with Gasteiger partial charge in [-0.3, -0.25) is 14.6 Å². The minimum atomic E-state index is -0.331. The van der Waals surface area contributed by atoms with E-state index in [-0.39, 0.29) is 18.3 Å². The van der Waals surface area contributed by atoms with Crippen molar-refractivity contribution in [2.24, 2.45) is 0 Å². The van der Waals surface area contributed by atoms with Crippen LogP contribution in [-0.2, 0) is 12.8 Å². The van der Waals surface area contributed by atoms with Crippen LogP contribution >= 0.6 is 0 Å². The van der Waals surface area contributed by atoms with Gasteiger partial charge >= 0.3 is 0 Å². The summed E-state index contributed by atoms with van der Waals surface area (Å²) in [6.07, 6.45) is 2.43. The Morgan fingerprint density at radius 1 is 1.21 bits per heavy atom. The Labute approximate surface area is 159 Å². The average molecular weight is 379 g/mol. The first-order valence-corrected chi connectivity index (χ1v) is 8.98. The molecule has 9 nitrogen and oxygen atoms in total. The van der Waals surface area contributed by atoms with Gasteiger partial charge in [0.25, 0.3) is 11.5 Å². The number of anilines is 1. The highest BCUT2D eigenvalue weighted by Crippen LogP contribution is 2.32. The zero-order chi connectivity index (χ0) is 19.3. The molecule has 2 aromatic heterocycles. The Hall–Kier alpha value is -3.62. The van der Waals surface area contributed by atoms with Gasteiger partial charge < -0.3 is 14.8 Å². The van der Waals surface area contributed by atoms with Crippen molar-refractivity contribution in [2.45, 2.75) is 26.2 Å². The lowest BCUT2D eigenvalue weighted by Gasteiger charge is -2.09. The Morgan fingerprint density at radius 2 is 2.07 bits per heavy atom. The van der Waals surface area contributed by atoms with Crippen LogP contribution in [0.5, 0.6) is 11.5 Å². The summed E-state index contributed by atoms with van der Waals surface area (Å²) in [6, 6.07) is 6.70. The van der Waals surface area contributed by atoms with E-state index in [9.17, 15) is 9.59 Å². The fourth-order valence-electron chi connectivity index (χ4n) is 3.51. The molecule has 2 N–H and O–H groups in total. The molecule has 0 bridgehead atoms. The molecule has 1 aromatic carbocycles. The number of fused-ring (bicyclic) bond motifs is 2. The monoisotopic (exact) mass is 379 g/mol. The van der Waals surface area contributed by atoms with Gasteiger partial charge in [0.15, 0.2) is 11.5 Å². The molecule has 3 heterocycles. The minimum Gasteiger partial charge on any atom is -0.454 e. The molecule has 2 aliphatic rings. The summed E-state index contributed by atoms with van der Waals surface area (Å²) in [5, 5.41) is 7.20. The number of carbonyl (C=O) groups is 1. The molecule has 5 rings (SSSR count). The second-order valence-corrected chi connectivity index (χ2v) is 6.77. The smallest absolute Gasteiger partial charge is 0.256 e. The Morgan fingerprint density at radius 3 is 2.96 bits per heavy atom. The fraction of sp³-hybridized carbons (Fsp3) is 0.263. The van der Waals surface area contributed by atoms with E-state index in [2.05, 4.69) is 20.4 Å². The lowest BCUT2D eigenvalue weighted by Crippen LogP contribution is -2.21. The zero-order valence-electron chi connectivity index (χ0n) is 15.1. The number of aryl methyl sites for hydroxylation is 2. The number of carbonyl (C=O) groups excluding carboxylic acids is 1. The van der Waals surface area contributed by atoms with Crippen LogP contribution in [0.1, 0.15) is 33.7 Å². The molecular formula is C19H17N5O4. The number of aromatic amines is 1. The second kappa shape index (κ2) is 6.22. The third-order valence-electron chi connectivity index (χ3n) is 4.84. The highest BCUT2D eigenvalue weighted by atomic mass is 16.7. The van der Waals surface area contributed by atoms with Gasteiger partial charge in [0.05, 0.1) is 11.4 Å². The lowest BCUT2D eigenvalue weighted by molar-refractivity contribution is 0.102. The molecule has 1 aliphatic heterocycles. The van der Waals surface area contributed by atoms with E-state index in [4.69, 9.17) is 9.47 Å². The van der Waals surface area contributed by atoms with Gasteiger partial charge in [-0.15, -0.1) is 0 Å². The molecule has 0 spiro atoms. The van der Waals surface area contributed by atoms with Crippen molar-refractivity contribution in [3.8, 4) is 17.4 Å². The van der Waals surface area contributed by atoms with E-state index >= 15 is 0 Å². The maximum atomic E-state index is 12.7. The molecule has 1 amide bonds. The van der Waals surface area contributed by atoms with E-state index in [1.807, 2.05) is 0 Å². The largest absolute Gasteiger partial charge is 0.454 e. The highest BCUT2D eigenvalue weighted by Gasteiger charge is 2.21. The normalized spacial score (nSPS) is 14.2. The molecule has 0 fully saturated rings. The second-order valence-electron chi connectivity index (χ2n) is 6.77. The van der Waals surface area contributed by atoms with Crippen LogP contribution in [0, 0.1) is 6.92 Å². The summed E-state index contributed by atoms with van der Waals surface area (Å²) >= 11 is 0. The number of H-pyrrole nitrogens is 1. The highest BCUT2D eigenvalue weighted by molar-refractivity contribution is 6.04. The van der Waals surface area contributed by atoms with Gasteiger partial charge in [0.1, 0.15) is 5.82 Å². The van der Waals surface area contributed by atoms with Gasteiger partial charge in [-0.25, -0.2) is 4.98 Å². The average Bonchev–Trinajstić information content (AvgIpc) is 3.40. The topological polar surface area (TPSA) is 111 Å². The molecule has 1 aliphatic carbocycles. The summed E-state index contributed by atoms with van der Waals surface area (Å²) in [5.74, 6) is 1.52. The molecule has 28 heavy (non-hydrogen) atoms. The van der Waals surface area contributed by atoms with E-state index in [0.717, 1.165) is 30.5 Å². The van der Waals surface area contributed by atoms with Crippen molar-refractivity contribution in [3.63, 3.8) is 0 Å². The molecular weight excluding hydrogens is 362 g/mol. The van der Waals surface area contributed by atoms with Crippen molar-refractivity contribution in [3.05, 3.63) is 57.1 Å². The molecule has 0 saturated carbocycles. The number of amides is 1. The van der Waals surface area contributed by atoms with Gasteiger partial charge in [-0.1, -0.05) is 0 Å². The molecule has 9 heteroatoms. The van der Waals surface area contributed by atoms with Crippen LogP contribution in [-0.4, -0.2) is 32.4 Å². The third kappa shape index (κ3) is 2.72. The Kier molecular flexibility index (Phi) is 3.68.